The minimum absolute atomic E-state index is 0.468. The highest BCUT2D eigenvalue weighted by atomic mass is 16.5. The summed E-state index contributed by atoms with van der Waals surface area (Å²) in [5.41, 5.74) is 1.56. The highest BCUT2D eigenvalue weighted by Gasteiger charge is 2.41. The van der Waals surface area contributed by atoms with Crippen molar-refractivity contribution < 1.29 is 4.74 Å². The van der Waals surface area contributed by atoms with Crippen LogP contribution in [-0.4, -0.2) is 27.2 Å². The Hall–Kier alpha value is -1.22. The molecule has 2 N–H and O–H groups in total. The van der Waals surface area contributed by atoms with Crippen molar-refractivity contribution in [3.8, 4) is 5.75 Å². The molecule has 3 heteroatoms. The van der Waals surface area contributed by atoms with Gasteiger partial charge in [0.2, 0.25) is 0 Å². The van der Waals surface area contributed by atoms with Crippen LogP contribution in [0.2, 0.25) is 0 Å². The van der Waals surface area contributed by atoms with Crippen LogP contribution in [0.3, 0.4) is 0 Å². The molecule has 0 aliphatic heterocycles. The number of methoxy groups -OCH3 is 1. The zero-order valence-corrected chi connectivity index (χ0v) is 10.0. The summed E-state index contributed by atoms with van der Waals surface area (Å²) in [5, 5.41) is 6.75. The van der Waals surface area contributed by atoms with E-state index >= 15 is 0 Å². The Labute approximate surface area is 97.2 Å². The number of hydrogen-bond donors (Lipinski definition) is 2. The average Bonchev–Trinajstić information content (AvgIpc) is 3.08. The van der Waals surface area contributed by atoms with E-state index in [2.05, 4.69) is 16.7 Å². The van der Waals surface area contributed by atoms with Gasteiger partial charge in [-0.15, -0.1) is 0 Å². The molecule has 0 saturated heterocycles. The summed E-state index contributed by atoms with van der Waals surface area (Å²) in [6.07, 6.45) is 2.63. The maximum absolute atomic E-state index is 5.31. The molecule has 0 bridgehead atoms. The molecule has 1 aliphatic rings. The van der Waals surface area contributed by atoms with Crippen LogP contribution in [0, 0.1) is 5.41 Å². The minimum atomic E-state index is 0.468. The Morgan fingerprint density at radius 2 is 2.00 bits per heavy atom. The van der Waals surface area contributed by atoms with Crippen LogP contribution in [0.25, 0.3) is 0 Å². The van der Waals surface area contributed by atoms with Gasteiger partial charge in [0.1, 0.15) is 5.75 Å². The SMILES string of the molecule is CNCC1(CNc2ccccc2OC)CC1. The predicted molar refractivity (Wildman–Crippen MR) is 67.1 cm³/mol. The normalized spacial score (nSPS) is 16.9. The molecular weight excluding hydrogens is 200 g/mol. The molecule has 1 saturated carbocycles. The number of nitrogens with one attached hydrogen (secondary N) is 2. The average molecular weight is 220 g/mol. The number of anilines is 1. The lowest BCUT2D eigenvalue weighted by Crippen LogP contribution is -2.26. The molecular formula is C13H20N2O. The molecule has 0 heterocycles. The van der Waals surface area contributed by atoms with E-state index in [0.29, 0.717) is 5.41 Å². The van der Waals surface area contributed by atoms with Crippen molar-refractivity contribution in [3.05, 3.63) is 24.3 Å². The van der Waals surface area contributed by atoms with E-state index in [9.17, 15) is 0 Å². The third-order valence-electron chi connectivity index (χ3n) is 3.27. The monoisotopic (exact) mass is 220 g/mol. The second kappa shape index (κ2) is 4.74. The van der Waals surface area contributed by atoms with Gasteiger partial charge < -0.3 is 15.4 Å². The molecule has 16 heavy (non-hydrogen) atoms. The Kier molecular flexibility index (Phi) is 3.34. The van der Waals surface area contributed by atoms with E-state index in [1.807, 2.05) is 25.2 Å². The van der Waals surface area contributed by atoms with Crippen molar-refractivity contribution in [1.29, 1.82) is 0 Å². The quantitative estimate of drug-likeness (QED) is 0.770. The lowest BCUT2D eigenvalue weighted by Gasteiger charge is -2.17. The summed E-state index contributed by atoms with van der Waals surface area (Å²) >= 11 is 0. The van der Waals surface area contributed by atoms with Crippen molar-refractivity contribution in [2.45, 2.75) is 12.8 Å². The Balaban J connectivity index is 1.94. The summed E-state index contributed by atoms with van der Waals surface area (Å²) in [6, 6.07) is 8.07. The number of para-hydroxylation sites is 2. The van der Waals surface area contributed by atoms with Crippen molar-refractivity contribution in [3.63, 3.8) is 0 Å². The maximum Gasteiger partial charge on any atom is 0.141 e. The highest BCUT2D eigenvalue weighted by molar-refractivity contribution is 5.56. The van der Waals surface area contributed by atoms with E-state index in [1.54, 1.807) is 7.11 Å². The summed E-state index contributed by atoms with van der Waals surface area (Å²) in [5.74, 6) is 0.919. The van der Waals surface area contributed by atoms with Crippen LogP contribution in [0.15, 0.2) is 24.3 Å². The van der Waals surface area contributed by atoms with Crippen LogP contribution < -0.4 is 15.4 Å². The molecule has 88 valence electrons. The molecule has 1 aromatic carbocycles. The Bertz CT molecular complexity index is 348. The van der Waals surface area contributed by atoms with Gasteiger partial charge in [-0.25, -0.2) is 0 Å². The van der Waals surface area contributed by atoms with Crippen LogP contribution in [0.5, 0.6) is 5.75 Å². The third-order valence-corrected chi connectivity index (χ3v) is 3.27. The van der Waals surface area contributed by atoms with E-state index in [0.717, 1.165) is 24.5 Å². The molecule has 0 radical (unpaired) electrons. The molecule has 0 aromatic heterocycles. The molecule has 0 spiro atoms. The Morgan fingerprint density at radius 1 is 1.25 bits per heavy atom. The second-order valence-corrected chi connectivity index (χ2v) is 4.58. The Morgan fingerprint density at radius 3 is 2.62 bits per heavy atom. The van der Waals surface area contributed by atoms with Gasteiger partial charge in [-0.2, -0.15) is 0 Å². The molecule has 3 nitrogen and oxygen atoms in total. The lowest BCUT2D eigenvalue weighted by molar-refractivity contribution is 0.415. The molecule has 1 fully saturated rings. The molecule has 0 amide bonds. The molecule has 0 unspecified atom stereocenters. The first-order valence-electron chi connectivity index (χ1n) is 5.81. The van der Waals surface area contributed by atoms with Crippen LogP contribution in [0.4, 0.5) is 5.69 Å². The second-order valence-electron chi connectivity index (χ2n) is 4.58. The summed E-state index contributed by atoms with van der Waals surface area (Å²) in [7, 11) is 3.73. The van der Waals surface area contributed by atoms with Crippen molar-refractivity contribution in [2.75, 3.05) is 32.6 Å². The molecule has 1 aliphatic carbocycles. The maximum atomic E-state index is 5.31. The van der Waals surface area contributed by atoms with Gasteiger partial charge in [-0.1, -0.05) is 12.1 Å². The minimum Gasteiger partial charge on any atom is -0.495 e. The van der Waals surface area contributed by atoms with Crippen LogP contribution >= 0.6 is 0 Å². The summed E-state index contributed by atoms with van der Waals surface area (Å²) in [6.45, 7) is 2.11. The van der Waals surface area contributed by atoms with Crippen molar-refractivity contribution in [2.24, 2.45) is 5.41 Å². The van der Waals surface area contributed by atoms with Crippen LogP contribution in [0.1, 0.15) is 12.8 Å². The molecule has 0 atom stereocenters. The van der Waals surface area contributed by atoms with Gasteiger partial charge >= 0.3 is 0 Å². The predicted octanol–water partition coefficient (Wildman–Crippen LogP) is 2.11. The van der Waals surface area contributed by atoms with E-state index in [-0.39, 0.29) is 0 Å². The highest BCUT2D eigenvalue weighted by Crippen LogP contribution is 2.45. The first-order valence-corrected chi connectivity index (χ1v) is 5.81. The summed E-state index contributed by atoms with van der Waals surface area (Å²) < 4.78 is 5.31. The van der Waals surface area contributed by atoms with Gasteiger partial charge in [-0.05, 0) is 32.0 Å². The third kappa shape index (κ3) is 2.47. The molecule has 2 rings (SSSR count). The van der Waals surface area contributed by atoms with Crippen molar-refractivity contribution in [1.82, 2.24) is 5.32 Å². The zero-order chi connectivity index (χ0) is 11.4. The van der Waals surface area contributed by atoms with Gasteiger partial charge in [0.05, 0.1) is 12.8 Å². The fourth-order valence-electron chi connectivity index (χ4n) is 2.04. The van der Waals surface area contributed by atoms with Gasteiger partial charge in [0, 0.05) is 18.5 Å². The fourth-order valence-corrected chi connectivity index (χ4v) is 2.04. The van der Waals surface area contributed by atoms with E-state index < -0.39 is 0 Å². The fraction of sp³-hybridized carbons (Fsp3) is 0.538. The smallest absolute Gasteiger partial charge is 0.141 e. The van der Waals surface area contributed by atoms with Gasteiger partial charge in [0.25, 0.3) is 0 Å². The van der Waals surface area contributed by atoms with Gasteiger partial charge in [-0.3, -0.25) is 0 Å². The van der Waals surface area contributed by atoms with Crippen LogP contribution in [-0.2, 0) is 0 Å². The van der Waals surface area contributed by atoms with Crippen molar-refractivity contribution >= 4 is 5.69 Å². The number of ether oxygens (including phenoxy) is 1. The van der Waals surface area contributed by atoms with Gasteiger partial charge in [0.15, 0.2) is 0 Å². The number of rotatable bonds is 6. The number of hydrogen-bond acceptors (Lipinski definition) is 3. The zero-order valence-electron chi connectivity index (χ0n) is 10.0. The first kappa shape index (κ1) is 11.3. The topological polar surface area (TPSA) is 33.3 Å². The van der Waals surface area contributed by atoms with E-state index in [1.165, 1.54) is 12.8 Å². The number of benzene rings is 1. The largest absolute Gasteiger partial charge is 0.495 e. The standard InChI is InChI=1S/C13H20N2O/c1-14-9-13(7-8-13)10-15-11-5-3-4-6-12(11)16-2/h3-6,14-15H,7-10H2,1-2H3. The first-order chi connectivity index (χ1) is 7.79. The lowest BCUT2D eigenvalue weighted by atomic mass is 10.1. The molecule has 1 aromatic rings. The van der Waals surface area contributed by atoms with E-state index in [4.69, 9.17) is 4.74 Å². The summed E-state index contributed by atoms with van der Waals surface area (Å²) in [4.78, 5) is 0.